The molecule has 0 N–H and O–H groups in total. The van der Waals surface area contributed by atoms with Crippen molar-refractivity contribution in [1.82, 2.24) is 4.57 Å². The van der Waals surface area contributed by atoms with E-state index in [9.17, 15) is 4.79 Å². The van der Waals surface area contributed by atoms with Crippen molar-refractivity contribution in [2.75, 3.05) is 6.61 Å². The first-order valence-electron chi connectivity index (χ1n) is 6.91. The number of aromatic nitrogens is 1. The molecule has 0 amide bonds. The lowest BCUT2D eigenvalue weighted by Crippen LogP contribution is -2.41. The zero-order valence-electron chi connectivity index (χ0n) is 11.9. The number of benzene rings is 1. The van der Waals surface area contributed by atoms with Crippen LogP contribution in [0.3, 0.4) is 0 Å². The van der Waals surface area contributed by atoms with Gasteiger partial charge in [0.05, 0.1) is 9.44 Å². The Bertz CT molecular complexity index is 733. The van der Waals surface area contributed by atoms with Gasteiger partial charge in [0.2, 0.25) is 0 Å². The highest BCUT2D eigenvalue weighted by atomic mass is 127. The number of para-hydroxylation sites is 1. The molecule has 0 spiro atoms. The average Bonchev–Trinajstić information content (AvgIpc) is 2.43. The van der Waals surface area contributed by atoms with Gasteiger partial charge in [0.25, 0.3) is 5.56 Å². The van der Waals surface area contributed by atoms with Gasteiger partial charge < -0.3 is 9.30 Å². The van der Waals surface area contributed by atoms with E-state index >= 15 is 0 Å². The summed E-state index contributed by atoms with van der Waals surface area (Å²) in [5, 5.41) is 1.13. The third kappa shape index (κ3) is 1.80. The van der Waals surface area contributed by atoms with Gasteiger partial charge in [0, 0.05) is 22.9 Å². The molecule has 1 unspecified atom stereocenters. The van der Waals surface area contributed by atoms with E-state index < -0.39 is 0 Å². The standard InChI is InChI=1S/C16H18INO2/c1-4-18-11-8-6-5-7-10(11)13-14(15(18)19)20-9-12(17)16(13,2)3/h5-8,12H,4,9H2,1-3H3. The highest BCUT2D eigenvalue weighted by Crippen LogP contribution is 2.43. The minimum atomic E-state index is -0.0697. The van der Waals surface area contributed by atoms with Crippen LogP contribution >= 0.6 is 22.6 Å². The van der Waals surface area contributed by atoms with Crippen molar-refractivity contribution < 1.29 is 4.74 Å². The van der Waals surface area contributed by atoms with Crippen LogP contribution in [0.15, 0.2) is 29.1 Å². The quantitative estimate of drug-likeness (QED) is 0.558. The van der Waals surface area contributed by atoms with Gasteiger partial charge >= 0.3 is 0 Å². The Hall–Kier alpha value is -1.04. The van der Waals surface area contributed by atoms with Gasteiger partial charge in [-0.3, -0.25) is 4.79 Å². The number of ether oxygens (including phenoxy) is 1. The van der Waals surface area contributed by atoms with E-state index in [0.29, 0.717) is 22.8 Å². The first kappa shape index (κ1) is 13.9. The van der Waals surface area contributed by atoms with Gasteiger partial charge in [-0.15, -0.1) is 0 Å². The first-order chi connectivity index (χ1) is 9.48. The zero-order chi connectivity index (χ0) is 14.5. The predicted molar refractivity (Wildman–Crippen MR) is 90.2 cm³/mol. The molecule has 1 aliphatic heterocycles. The molecule has 0 aliphatic carbocycles. The number of nitrogens with zero attached hydrogens (tertiary/aromatic N) is 1. The molecule has 0 radical (unpaired) electrons. The molecule has 1 aromatic heterocycles. The van der Waals surface area contributed by atoms with Crippen LogP contribution in [-0.2, 0) is 12.0 Å². The number of rotatable bonds is 1. The third-order valence-corrected chi connectivity index (χ3v) is 6.16. The molecule has 0 fully saturated rings. The van der Waals surface area contributed by atoms with Crippen LogP contribution in [0.1, 0.15) is 26.3 Å². The molecule has 4 heteroatoms. The van der Waals surface area contributed by atoms with Crippen molar-refractivity contribution in [1.29, 1.82) is 0 Å². The number of hydrogen-bond donors (Lipinski definition) is 0. The summed E-state index contributed by atoms with van der Waals surface area (Å²) < 4.78 is 7.97. The normalized spacial score (nSPS) is 20.5. The summed E-state index contributed by atoms with van der Waals surface area (Å²) in [4.78, 5) is 12.7. The number of hydrogen-bond acceptors (Lipinski definition) is 2. The van der Waals surface area contributed by atoms with Gasteiger partial charge in [-0.1, -0.05) is 54.6 Å². The molecule has 2 heterocycles. The SMILES string of the molecule is CCn1c(=O)c2c(c3ccccc31)C(C)(C)C(I)CO2. The summed E-state index contributed by atoms with van der Waals surface area (Å²) in [7, 11) is 0. The maximum atomic E-state index is 12.7. The Balaban J connectivity index is 2.51. The topological polar surface area (TPSA) is 31.2 Å². The van der Waals surface area contributed by atoms with Gasteiger partial charge in [-0.2, -0.15) is 0 Å². The third-order valence-electron chi connectivity index (χ3n) is 4.25. The predicted octanol–water partition coefficient (Wildman–Crippen LogP) is 3.50. The molecule has 0 bridgehead atoms. The Morgan fingerprint density at radius 1 is 1.40 bits per heavy atom. The molecule has 0 saturated heterocycles. The monoisotopic (exact) mass is 383 g/mol. The van der Waals surface area contributed by atoms with Crippen LogP contribution in [0.25, 0.3) is 10.9 Å². The van der Waals surface area contributed by atoms with Crippen molar-refractivity contribution in [2.24, 2.45) is 0 Å². The van der Waals surface area contributed by atoms with Crippen molar-refractivity contribution in [2.45, 2.75) is 36.7 Å². The number of fused-ring (bicyclic) bond motifs is 3. The number of pyridine rings is 1. The maximum Gasteiger partial charge on any atom is 0.293 e. The van der Waals surface area contributed by atoms with Crippen molar-refractivity contribution in [3.8, 4) is 5.75 Å². The lowest BCUT2D eigenvalue weighted by Gasteiger charge is -2.38. The van der Waals surface area contributed by atoms with Crippen LogP contribution in [0.2, 0.25) is 0 Å². The van der Waals surface area contributed by atoms with E-state index in [1.54, 1.807) is 4.57 Å². The minimum absolute atomic E-state index is 0.00225. The van der Waals surface area contributed by atoms with Gasteiger partial charge in [-0.25, -0.2) is 0 Å². The smallest absolute Gasteiger partial charge is 0.293 e. The Morgan fingerprint density at radius 3 is 2.80 bits per heavy atom. The first-order valence-corrected chi connectivity index (χ1v) is 8.16. The van der Waals surface area contributed by atoms with Gasteiger partial charge in [0.1, 0.15) is 6.61 Å². The molecule has 1 aliphatic rings. The Morgan fingerprint density at radius 2 is 2.10 bits per heavy atom. The lowest BCUT2D eigenvalue weighted by molar-refractivity contribution is 0.246. The highest BCUT2D eigenvalue weighted by Gasteiger charge is 2.39. The molecule has 1 atom stereocenters. The Kier molecular flexibility index (Phi) is 3.31. The van der Waals surface area contributed by atoms with Gasteiger partial charge in [0.15, 0.2) is 5.75 Å². The molecule has 3 nitrogen and oxygen atoms in total. The fraction of sp³-hybridized carbons (Fsp3) is 0.438. The average molecular weight is 383 g/mol. The second-order valence-electron chi connectivity index (χ2n) is 5.77. The summed E-state index contributed by atoms with van der Waals surface area (Å²) in [5.41, 5.74) is 1.99. The van der Waals surface area contributed by atoms with E-state index in [-0.39, 0.29) is 11.0 Å². The molecule has 106 valence electrons. The summed E-state index contributed by atoms with van der Waals surface area (Å²) >= 11 is 2.42. The maximum absolute atomic E-state index is 12.7. The summed E-state index contributed by atoms with van der Waals surface area (Å²) in [6.07, 6.45) is 0. The van der Waals surface area contributed by atoms with Crippen LogP contribution in [0.5, 0.6) is 5.75 Å². The molecule has 3 rings (SSSR count). The van der Waals surface area contributed by atoms with Crippen molar-refractivity contribution in [3.63, 3.8) is 0 Å². The molecular weight excluding hydrogens is 365 g/mol. The van der Waals surface area contributed by atoms with E-state index in [2.05, 4.69) is 42.5 Å². The van der Waals surface area contributed by atoms with E-state index in [1.807, 2.05) is 25.1 Å². The van der Waals surface area contributed by atoms with Crippen LogP contribution in [0.4, 0.5) is 0 Å². The van der Waals surface area contributed by atoms with Crippen molar-refractivity contribution in [3.05, 3.63) is 40.2 Å². The molecule has 2 aromatic rings. The number of halogens is 1. The molecular formula is C16H18INO2. The second-order valence-corrected chi connectivity index (χ2v) is 7.27. The lowest BCUT2D eigenvalue weighted by atomic mass is 9.78. The van der Waals surface area contributed by atoms with E-state index in [0.717, 1.165) is 16.5 Å². The Labute approximate surface area is 132 Å². The van der Waals surface area contributed by atoms with Crippen LogP contribution < -0.4 is 10.3 Å². The van der Waals surface area contributed by atoms with Gasteiger partial charge in [-0.05, 0) is 13.0 Å². The summed E-state index contributed by atoms with van der Waals surface area (Å²) in [6, 6.07) is 8.13. The second kappa shape index (κ2) is 4.76. The molecule has 0 saturated carbocycles. The fourth-order valence-electron chi connectivity index (χ4n) is 2.99. The van der Waals surface area contributed by atoms with Crippen molar-refractivity contribution >= 4 is 33.5 Å². The molecule has 1 aromatic carbocycles. The largest absolute Gasteiger partial charge is 0.486 e. The minimum Gasteiger partial charge on any atom is -0.486 e. The highest BCUT2D eigenvalue weighted by molar-refractivity contribution is 14.1. The number of alkyl halides is 1. The van der Waals surface area contributed by atoms with E-state index in [4.69, 9.17) is 4.74 Å². The summed E-state index contributed by atoms with van der Waals surface area (Å²) in [6.45, 7) is 7.65. The fourth-order valence-corrected chi connectivity index (χ4v) is 3.48. The zero-order valence-corrected chi connectivity index (χ0v) is 14.1. The van der Waals surface area contributed by atoms with Crippen LogP contribution in [-0.4, -0.2) is 15.1 Å². The van der Waals surface area contributed by atoms with E-state index in [1.165, 1.54) is 0 Å². The van der Waals surface area contributed by atoms with Crippen LogP contribution in [0, 0.1) is 0 Å². The summed E-state index contributed by atoms with van der Waals surface area (Å²) in [5.74, 6) is 0.545. The molecule has 20 heavy (non-hydrogen) atoms. The number of aryl methyl sites for hydroxylation is 1.